The first-order valence-electron chi connectivity index (χ1n) is 12.3. The minimum absolute atomic E-state index is 0.0202. The Morgan fingerprint density at radius 2 is 1.62 bits per heavy atom. The van der Waals surface area contributed by atoms with E-state index in [4.69, 9.17) is 4.74 Å². The van der Waals surface area contributed by atoms with Gasteiger partial charge in [0.1, 0.15) is 11.9 Å². The maximum Gasteiger partial charge on any atom is 0.223 e. The van der Waals surface area contributed by atoms with E-state index in [1.165, 1.54) is 12.8 Å². The predicted molar refractivity (Wildman–Crippen MR) is 125 cm³/mol. The Kier molecular flexibility index (Phi) is 8.03. The lowest BCUT2D eigenvalue weighted by Crippen LogP contribution is -2.51. The molecule has 0 radical (unpaired) electrons. The van der Waals surface area contributed by atoms with Crippen molar-refractivity contribution in [1.82, 2.24) is 19.6 Å². The van der Waals surface area contributed by atoms with Crippen LogP contribution in [0.25, 0.3) is 0 Å². The Hall–Kier alpha value is -2.12. The van der Waals surface area contributed by atoms with Crippen molar-refractivity contribution >= 4 is 11.8 Å². The van der Waals surface area contributed by atoms with Gasteiger partial charge in [0.15, 0.2) is 0 Å². The second-order valence-electron chi connectivity index (χ2n) is 9.54. The van der Waals surface area contributed by atoms with Crippen LogP contribution in [0, 0.1) is 5.92 Å². The van der Waals surface area contributed by atoms with E-state index in [1.54, 1.807) is 0 Å². The molecule has 176 valence electrons. The highest BCUT2D eigenvalue weighted by atomic mass is 16.5. The summed E-state index contributed by atoms with van der Waals surface area (Å²) >= 11 is 0. The van der Waals surface area contributed by atoms with Crippen molar-refractivity contribution in [2.75, 3.05) is 66.0 Å². The molecule has 7 nitrogen and oxygen atoms in total. The number of ether oxygens (including phenoxy) is 1. The Bertz CT molecular complexity index is 745. The third-order valence-electron chi connectivity index (χ3n) is 7.18. The third kappa shape index (κ3) is 6.23. The molecule has 3 aliphatic rings. The first kappa shape index (κ1) is 23.1. The first-order valence-corrected chi connectivity index (χ1v) is 12.3. The van der Waals surface area contributed by atoms with Gasteiger partial charge in [-0.25, -0.2) is 0 Å². The molecule has 2 amide bonds. The van der Waals surface area contributed by atoms with E-state index in [0.29, 0.717) is 25.9 Å². The standard InChI is InChI=1S/C25H38N4O3/c1-26-15-17-28(18-16-26)25(31)19-21-20-29(24(30)10-13-27-11-5-6-12-27)14-9-23(21)32-22-7-3-2-4-8-22/h2-4,7-8,21,23H,5-6,9-20H2,1H3/t21-,23-/m0/s1. The van der Waals surface area contributed by atoms with Gasteiger partial charge in [0.25, 0.3) is 0 Å². The topological polar surface area (TPSA) is 56.3 Å². The highest BCUT2D eigenvalue weighted by Gasteiger charge is 2.35. The van der Waals surface area contributed by atoms with Crippen LogP contribution in [0.15, 0.2) is 30.3 Å². The number of piperazine rings is 1. The number of piperidine rings is 1. The number of rotatable bonds is 7. The molecule has 3 saturated heterocycles. The summed E-state index contributed by atoms with van der Waals surface area (Å²) < 4.78 is 6.32. The van der Waals surface area contributed by atoms with Crippen LogP contribution in [0.1, 0.15) is 32.1 Å². The number of likely N-dealkylation sites (N-methyl/N-ethyl adjacent to an activating group) is 1. The van der Waals surface area contributed by atoms with Crippen LogP contribution in [-0.4, -0.2) is 103 Å². The lowest BCUT2D eigenvalue weighted by Gasteiger charge is -2.40. The van der Waals surface area contributed by atoms with E-state index < -0.39 is 0 Å². The number of nitrogens with zero attached hydrogens (tertiary/aromatic N) is 4. The van der Waals surface area contributed by atoms with E-state index in [-0.39, 0.29) is 23.8 Å². The fourth-order valence-electron chi connectivity index (χ4n) is 5.09. The summed E-state index contributed by atoms with van der Waals surface area (Å²) in [7, 11) is 2.10. The van der Waals surface area contributed by atoms with Gasteiger partial charge in [-0.15, -0.1) is 0 Å². The molecule has 3 fully saturated rings. The van der Waals surface area contributed by atoms with Crippen LogP contribution in [0.5, 0.6) is 5.75 Å². The number of hydrogen-bond donors (Lipinski definition) is 0. The third-order valence-corrected chi connectivity index (χ3v) is 7.18. The van der Waals surface area contributed by atoms with E-state index in [1.807, 2.05) is 40.1 Å². The van der Waals surface area contributed by atoms with Crippen LogP contribution >= 0.6 is 0 Å². The Morgan fingerprint density at radius 1 is 0.906 bits per heavy atom. The molecule has 2 atom stereocenters. The summed E-state index contributed by atoms with van der Waals surface area (Å²) in [6.07, 6.45) is 4.22. The van der Waals surface area contributed by atoms with Crippen molar-refractivity contribution < 1.29 is 14.3 Å². The van der Waals surface area contributed by atoms with Crippen LogP contribution in [0.2, 0.25) is 0 Å². The Morgan fingerprint density at radius 3 is 2.34 bits per heavy atom. The minimum Gasteiger partial charge on any atom is -0.490 e. The highest BCUT2D eigenvalue weighted by Crippen LogP contribution is 2.27. The lowest BCUT2D eigenvalue weighted by atomic mass is 9.90. The molecule has 0 N–H and O–H groups in total. The number of carbonyl (C=O) groups excluding carboxylic acids is 2. The number of carbonyl (C=O) groups is 2. The number of hydrogen-bond acceptors (Lipinski definition) is 5. The maximum atomic E-state index is 13.1. The van der Waals surface area contributed by atoms with Gasteiger partial charge in [0, 0.05) is 71.0 Å². The van der Waals surface area contributed by atoms with Gasteiger partial charge in [0.05, 0.1) is 0 Å². The molecule has 0 bridgehead atoms. The summed E-state index contributed by atoms with van der Waals surface area (Å²) in [6, 6.07) is 9.84. The summed E-state index contributed by atoms with van der Waals surface area (Å²) in [4.78, 5) is 34.6. The first-order chi connectivity index (χ1) is 15.6. The zero-order chi connectivity index (χ0) is 22.3. The molecule has 3 aliphatic heterocycles. The Labute approximate surface area is 192 Å². The average molecular weight is 443 g/mol. The van der Waals surface area contributed by atoms with E-state index >= 15 is 0 Å². The predicted octanol–water partition coefficient (Wildman–Crippen LogP) is 1.93. The molecule has 0 unspecified atom stereocenters. The zero-order valence-electron chi connectivity index (χ0n) is 19.5. The van der Waals surface area contributed by atoms with Crippen molar-refractivity contribution in [3.05, 3.63) is 30.3 Å². The van der Waals surface area contributed by atoms with Crippen molar-refractivity contribution in [1.29, 1.82) is 0 Å². The largest absolute Gasteiger partial charge is 0.490 e. The normalized spacial score (nSPS) is 25.2. The molecular weight excluding hydrogens is 404 g/mol. The Balaban J connectivity index is 1.37. The van der Waals surface area contributed by atoms with Gasteiger partial charge in [-0.3, -0.25) is 9.59 Å². The van der Waals surface area contributed by atoms with Gasteiger partial charge < -0.3 is 24.3 Å². The number of para-hydroxylation sites is 1. The molecule has 3 heterocycles. The SMILES string of the molecule is CN1CCN(C(=O)C[C@H]2CN(C(=O)CCN3CCCC3)CC[C@@H]2Oc2ccccc2)CC1. The minimum atomic E-state index is -0.0450. The number of amides is 2. The second kappa shape index (κ2) is 11.1. The van der Waals surface area contributed by atoms with Crippen molar-refractivity contribution in [3.8, 4) is 5.75 Å². The quantitative estimate of drug-likeness (QED) is 0.646. The summed E-state index contributed by atoms with van der Waals surface area (Å²) in [5, 5.41) is 0. The fourth-order valence-corrected chi connectivity index (χ4v) is 5.09. The van der Waals surface area contributed by atoms with Crippen molar-refractivity contribution in [2.24, 2.45) is 5.92 Å². The lowest BCUT2D eigenvalue weighted by molar-refractivity contribution is -0.140. The zero-order valence-corrected chi connectivity index (χ0v) is 19.5. The van der Waals surface area contributed by atoms with Crippen LogP contribution < -0.4 is 4.74 Å². The summed E-state index contributed by atoms with van der Waals surface area (Å²) in [5.41, 5.74) is 0. The van der Waals surface area contributed by atoms with Crippen LogP contribution in [-0.2, 0) is 9.59 Å². The molecule has 0 aliphatic carbocycles. The second-order valence-corrected chi connectivity index (χ2v) is 9.54. The van der Waals surface area contributed by atoms with Crippen molar-refractivity contribution in [2.45, 2.75) is 38.2 Å². The van der Waals surface area contributed by atoms with E-state index in [9.17, 15) is 9.59 Å². The molecular formula is C25H38N4O3. The summed E-state index contributed by atoms with van der Waals surface area (Å²) in [6.45, 7) is 7.79. The number of likely N-dealkylation sites (tertiary alicyclic amines) is 2. The smallest absolute Gasteiger partial charge is 0.223 e. The van der Waals surface area contributed by atoms with Gasteiger partial charge >= 0.3 is 0 Å². The molecule has 0 saturated carbocycles. The molecule has 0 spiro atoms. The average Bonchev–Trinajstić information content (AvgIpc) is 3.33. The fraction of sp³-hybridized carbons (Fsp3) is 0.680. The maximum absolute atomic E-state index is 13.1. The van der Waals surface area contributed by atoms with Gasteiger partial charge in [-0.2, -0.15) is 0 Å². The number of benzene rings is 1. The van der Waals surface area contributed by atoms with Crippen molar-refractivity contribution in [3.63, 3.8) is 0 Å². The molecule has 1 aromatic rings. The molecule has 4 rings (SSSR count). The molecule has 1 aromatic carbocycles. The highest BCUT2D eigenvalue weighted by molar-refractivity contribution is 5.78. The monoisotopic (exact) mass is 442 g/mol. The van der Waals surface area contributed by atoms with Gasteiger partial charge in [-0.05, 0) is 45.1 Å². The molecule has 7 heteroatoms. The summed E-state index contributed by atoms with van der Waals surface area (Å²) in [5.74, 6) is 1.26. The molecule has 0 aromatic heterocycles. The van der Waals surface area contributed by atoms with Gasteiger partial charge in [-0.1, -0.05) is 18.2 Å². The van der Waals surface area contributed by atoms with Gasteiger partial charge in [0.2, 0.25) is 11.8 Å². The van der Waals surface area contributed by atoms with E-state index in [0.717, 1.165) is 58.0 Å². The van der Waals surface area contributed by atoms with E-state index in [2.05, 4.69) is 16.8 Å². The van der Waals surface area contributed by atoms with Crippen LogP contribution in [0.4, 0.5) is 0 Å². The molecule has 32 heavy (non-hydrogen) atoms. The van der Waals surface area contributed by atoms with Crippen LogP contribution in [0.3, 0.4) is 0 Å².